The summed E-state index contributed by atoms with van der Waals surface area (Å²) < 4.78 is 0.810. The summed E-state index contributed by atoms with van der Waals surface area (Å²) in [4.78, 5) is 13.5. The minimum Gasteiger partial charge on any atom is -0.344 e. The Morgan fingerprint density at radius 2 is 2.08 bits per heavy atom. The average molecular weight is 376 g/mol. The molecule has 4 nitrogen and oxygen atoms in total. The molecule has 0 spiro atoms. The Kier molecular flexibility index (Phi) is 6.01. The number of rotatable bonds is 7. The van der Waals surface area contributed by atoms with Crippen molar-refractivity contribution in [3.63, 3.8) is 0 Å². The largest absolute Gasteiger partial charge is 0.344 e. The number of hydrogen-bond donors (Lipinski definition) is 1. The van der Waals surface area contributed by atoms with Gasteiger partial charge in [0.1, 0.15) is 5.51 Å². The van der Waals surface area contributed by atoms with E-state index in [1.807, 2.05) is 11.4 Å². The quantitative estimate of drug-likeness (QED) is 0.630. The number of thioether (sulfide) groups is 1. The predicted octanol–water partition coefficient (Wildman–Crippen LogP) is 4.16. The molecular formula is C17H17N3OS3. The van der Waals surface area contributed by atoms with Gasteiger partial charge >= 0.3 is 0 Å². The standard InChI is InChI=1S/C17H17N3OS3/c1-2-12-5-7-13(8-6-12)16(14-4-3-9-22-14)19-15(21)10-23-17-20-18-11-24-17/h3-9,11,16H,2,10H2,1H3,(H,19,21). The maximum atomic E-state index is 12.4. The van der Waals surface area contributed by atoms with Crippen LogP contribution >= 0.6 is 34.4 Å². The molecule has 0 saturated heterocycles. The first kappa shape index (κ1) is 17.1. The highest BCUT2D eigenvalue weighted by molar-refractivity contribution is 8.01. The van der Waals surface area contributed by atoms with Crippen molar-refractivity contribution < 1.29 is 4.79 Å². The second kappa shape index (κ2) is 8.41. The number of aryl methyl sites for hydroxylation is 1. The average Bonchev–Trinajstić information content (AvgIpc) is 3.31. The Labute approximate surface area is 153 Å². The summed E-state index contributed by atoms with van der Waals surface area (Å²) in [6.07, 6.45) is 1.01. The second-order valence-electron chi connectivity index (χ2n) is 5.10. The second-order valence-corrected chi connectivity index (χ2v) is 8.14. The monoisotopic (exact) mass is 375 g/mol. The maximum Gasteiger partial charge on any atom is 0.231 e. The third kappa shape index (κ3) is 4.43. The number of amides is 1. The SMILES string of the molecule is CCc1ccc(C(NC(=O)CSc2nncs2)c2cccs2)cc1. The van der Waals surface area contributed by atoms with E-state index in [1.165, 1.54) is 28.7 Å². The molecule has 0 saturated carbocycles. The van der Waals surface area contributed by atoms with Crippen LogP contribution in [-0.2, 0) is 11.2 Å². The number of nitrogens with one attached hydrogen (secondary N) is 1. The summed E-state index contributed by atoms with van der Waals surface area (Å²) >= 11 is 4.51. The Morgan fingerprint density at radius 1 is 1.25 bits per heavy atom. The minimum absolute atomic E-state index is 0.00633. The van der Waals surface area contributed by atoms with E-state index in [9.17, 15) is 4.79 Å². The van der Waals surface area contributed by atoms with Crippen LogP contribution in [0.2, 0.25) is 0 Å². The fourth-order valence-corrected chi connectivity index (χ4v) is 4.38. The molecule has 1 atom stereocenters. The molecule has 2 heterocycles. The van der Waals surface area contributed by atoms with Crippen LogP contribution < -0.4 is 5.32 Å². The Hall–Kier alpha value is -1.70. The number of benzene rings is 1. The topological polar surface area (TPSA) is 54.9 Å². The van der Waals surface area contributed by atoms with Crippen LogP contribution in [0.15, 0.2) is 51.6 Å². The van der Waals surface area contributed by atoms with Crippen molar-refractivity contribution in [1.82, 2.24) is 15.5 Å². The number of hydrogen-bond acceptors (Lipinski definition) is 6. The summed E-state index contributed by atoms with van der Waals surface area (Å²) in [6, 6.07) is 12.4. The number of carbonyl (C=O) groups excluding carboxylic acids is 1. The summed E-state index contributed by atoms with van der Waals surface area (Å²) in [7, 11) is 0. The van der Waals surface area contributed by atoms with Crippen LogP contribution in [0.5, 0.6) is 0 Å². The zero-order valence-corrected chi connectivity index (χ0v) is 15.6. The molecule has 3 aromatic rings. The van der Waals surface area contributed by atoms with Gasteiger partial charge in [0.25, 0.3) is 0 Å². The van der Waals surface area contributed by atoms with E-state index < -0.39 is 0 Å². The molecular weight excluding hydrogens is 358 g/mol. The van der Waals surface area contributed by atoms with Crippen LogP contribution in [0.25, 0.3) is 0 Å². The molecule has 3 rings (SSSR count). The van der Waals surface area contributed by atoms with Crippen molar-refractivity contribution in [2.45, 2.75) is 23.7 Å². The predicted molar refractivity (Wildman–Crippen MR) is 101 cm³/mol. The third-order valence-electron chi connectivity index (χ3n) is 3.52. The van der Waals surface area contributed by atoms with Crippen molar-refractivity contribution in [1.29, 1.82) is 0 Å². The van der Waals surface area contributed by atoms with Gasteiger partial charge < -0.3 is 5.32 Å². The van der Waals surface area contributed by atoms with E-state index in [-0.39, 0.29) is 11.9 Å². The van der Waals surface area contributed by atoms with Gasteiger partial charge in [-0.3, -0.25) is 4.79 Å². The summed E-state index contributed by atoms with van der Waals surface area (Å²) in [5.74, 6) is 0.331. The van der Waals surface area contributed by atoms with Crippen molar-refractivity contribution in [3.05, 3.63) is 63.3 Å². The molecule has 0 radical (unpaired) electrons. The highest BCUT2D eigenvalue weighted by Crippen LogP contribution is 2.27. The molecule has 0 fully saturated rings. The number of nitrogens with zero attached hydrogens (tertiary/aromatic N) is 2. The molecule has 24 heavy (non-hydrogen) atoms. The van der Waals surface area contributed by atoms with Crippen molar-refractivity contribution in [3.8, 4) is 0 Å². The Bertz CT molecular complexity index is 755. The molecule has 0 aliphatic rings. The van der Waals surface area contributed by atoms with Gasteiger partial charge in [-0.1, -0.05) is 60.4 Å². The van der Waals surface area contributed by atoms with Gasteiger partial charge in [0.15, 0.2) is 4.34 Å². The van der Waals surface area contributed by atoms with Crippen LogP contribution in [0, 0.1) is 0 Å². The maximum absolute atomic E-state index is 12.4. The van der Waals surface area contributed by atoms with E-state index >= 15 is 0 Å². The molecule has 1 N–H and O–H groups in total. The van der Waals surface area contributed by atoms with Crippen LogP contribution in [0.4, 0.5) is 0 Å². The highest BCUT2D eigenvalue weighted by atomic mass is 32.2. The zero-order valence-electron chi connectivity index (χ0n) is 13.1. The molecule has 1 amide bonds. The van der Waals surface area contributed by atoms with Crippen LogP contribution in [0.1, 0.15) is 29.0 Å². The van der Waals surface area contributed by atoms with Gasteiger partial charge in [-0.15, -0.1) is 21.5 Å². The Morgan fingerprint density at radius 3 is 2.71 bits per heavy atom. The van der Waals surface area contributed by atoms with Gasteiger partial charge in [0, 0.05) is 4.88 Å². The fourth-order valence-electron chi connectivity index (χ4n) is 2.28. The lowest BCUT2D eigenvalue weighted by Gasteiger charge is -2.18. The third-order valence-corrected chi connectivity index (χ3v) is 6.32. The minimum atomic E-state index is -0.113. The van der Waals surface area contributed by atoms with E-state index in [1.54, 1.807) is 16.8 Å². The normalized spacial score (nSPS) is 12.0. The first-order chi connectivity index (χ1) is 11.8. The first-order valence-electron chi connectivity index (χ1n) is 7.57. The summed E-state index contributed by atoms with van der Waals surface area (Å²) in [6.45, 7) is 2.14. The van der Waals surface area contributed by atoms with Crippen LogP contribution in [0.3, 0.4) is 0 Å². The number of carbonyl (C=O) groups is 1. The van der Waals surface area contributed by atoms with E-state index in [4.69, 9.17) is 0 Å². The molecule has 7 heteroatoms. The lowest BCUT2D eigenvalue weighted by molar-refractivity contribution is -0.119. The summed E-state index contributed by atoms with van der Waals surface area (Å²) in [5, 5.41) is 12.9. The molecule has 0 bridgehead atoms. The lowest BCUT2D eigenvalue weighted by Crippen LogP contribution is -2.30. The van der Waals surface area contributed by atoms with Crippen molar-refractivity contribution in [2.24, 2.45) is 0 Å². The first-order valence-corrected chi connectivity index (χ1v) is 10.3. The van der Waals surface area contributed by atoms with Gasteiger partial charge in [-0.2, -0.15) is 0 Å². The molecule has 1 unspecified atom stereocenters. The zero-order chi connectivity index (χ0) is 16.8. The molecule has 0 aliphatic carbocycles. The number of thiophene rings is 1. The van der Waals surface area contributed by atoms with Gasteiger partial charge in [-0.25, -0.2) is 0 Å². The highest BCUT2D eigenvalue weighted by Gasteiger charge is 2.18. The van der Waals surface area contributed by atoms with Gasteiger partial charge in [-0.05, 0) is 29.0 Å². The van der Waals surface area contributed by atoms with E-state index in [0.717, 1.165) is 21.2 Å². The summed E-state index contributed by atoms with van der Waals surface area (Å²) in [5.41, 5.74) is 4.06. The van der Waals surface area contributed by atoms with Crippen molar-refractivity contribution >= 4 is 40.3 Å². The Balaban J connectivity index is 1.71. The molecule has 124 valence electrons. The van der Waals surface area contributed by atoms with Gasteiger partial charge in [0.2, 0.25) is 5.91 Å². The molecule has 0 aliphatic heterocycles. The molecule has 1 aromatic carbocycles. The van der Waals surface area contributed by atoms with E-state index in [0.29, 0.717) is 5.75 Å². The van der Waals surface area contributed by atoms with E-state index in [2.05, 4.69) is 52.8 Å². The van der Waals surface area contributed by atoms with Crippen LogP contribution in [-0.4, -0.2) is 21.9 Å². The lowest BCUT2D eigenvalue weighted by atomic mass is 10.0. The van der Waals surface area contributed by atoms with Gasteiger partial charge in [0.05, 0.1) is 11.8 Å². The fraction of sp³-hybridized carbons (Fsp3) is 0.235. The van der Waals surface area contributed by atoms with Crippen molar-refractivity contribution in [2.75, 3.05) is 5.75 Å². The smallest absolute Gasteiger partial charge is 0.231 e. The number of aromatic nitrogens is 2. The molecule has 2 aromatic heterocycles.